The van der Waals surface area contributed by atoms with E-state index in [1.807, 2.05) is 25.1 Å². The molecule has 1 saturated heterocycles. The summed E-state index contributed by atoms with van der Waals surface area (Å²) in [7, 11) is 0. The van der Waals surface area contributed by atoms with Crippen molar-refractivity contribution < 1.29 is 4.79 Å². The fraction of sp³-hybridized carbons (Fsp3) is 0.500. The van der Waals surface area contributed by atoms with Crippen molar-refractivity contribution >= 4 is 21.8 Å². The number of aryl methyl sites for hydroxylation is 1. The normalized spacial score (nSPS) is 19.6. The quantitative estimate of drug-likeness (QED) is 0.901. The zero-order valence-electron chi connectivity index (χ0n) is 10.6. The fourth-order valence-electron chi connectivity index (χ4n) is 2.15. The van der Waals surface area contributed by atoms with E-state index in [1.54, 1.807) is 0 Å². The highest BCUT2D eigenvalue weighted by Gasteiger charge is 2.14. The number of amides is 1. The third kappa shape index (κ3) is 3.56. The van der Waals surface area contributed by atoms with E-state index in [2.05, 4.69) is 26.6 Å². The maximum absolute atomic E-state index is 12.0. The van der Waals surface area contributed by atoms with Crippen LogP contribution in [-0.2, 0) is 0 Å². The van der Waals surface area contributed by atoms with Crippen LogP contribution in [0.3, 0.4) is 0 Å². The van der Waals surface area contributed by atoms with Gasteiger partial charge in [-0.05, 0) is 44.0 Å². The van der Waals surface area contributed by atoms with Crippen molar-refractivity contribution in [1.29, 1.82) is 0 Å². The molecule has 2 rings (SSSR count). The zero-order valence-corrected chi connectivity index (χ0v) is 12.2. The van der Waals surface area contributed by atoms with E-state index >= 15 is 0 Å². The van der Waals surface area contributed by atoms with Crippen molar-refractivity contribution in [1.82, 2.24) is 10.6 Å². The zero-order chi connectivity index (χ0) is 13.0. The van der Waals surface area contributed by atoms with Crippen molar-refractivity contribution in [2.75, 3.05) is 13.1 Å². The number of hydrogen-bond donors (Lipinski definition) is 2. The first-order valence-corrected chi connectivity index (χ1v) is 7.24. The first-order valence-electron chi connectivity index (χ1n) is 6.44. The van der Waals surface area contributed by atoms with Gasteiger partial charge < -0.3 is 10.6 Å². The van der Waals surface area contributed by atoms with Gasteiger partial charge in [0.1, 0.15) is 0 Å². The molecule has 0 radical (unpaired) electrons. The lowest BCUT2D eigenvalue weighted by atomic mass is 10.0. The van der Waals surface area contributed by atoms with Crippen LogP contribution in [0.15, 0.2) is 22.7 Å². The molecule has 1 unspecified atom stereocenters. The Bertz CT molecular complexity index is 428. The van der Waals surface area contributed by atoms with Crippen LogP contribution >= 0.6 is 15.9 Å². The molecular weight excluding hydrogens is 292 g/mol. The van der Waals surface area contributed by atoms with Gasteiger partial charge in [-0.15, -0.1) is 0 Å². The van der Waals surface area contributed by atoms with Crippen LogP contribution in [0.5, 0.6) is 0 Å². The minimum Gasteiger partial charge on any atom is -0.350 e. The summed E-state index contributed by atoms with van der Waals surface area (Å²) in [5.74, 6) is 0.00285. The standard InChI is InChI=1S/C14H19BrN2O/c1-10-5-6-11(8-13(10)15)14(18)17-9-12-4-2-3-7-16-12/h5-6,8,12,16H,2-4,7,9H2,1H3,(H,17,18). The summed E-state index contributed by atoms with van der Waals surface area (Å²) in [6, 6.07) is 6.12. The Balaban J connectivity index is 1.88. The highest BCUT2D eigenvalue weighted by atomic mass is 79.9. The molecule has 0 spiro atoms. The number of carbonyl (C=O) groups excluding carboxylic acids is 1. The molecule has 3 nitrogen and oxygen atoms in total. The summed E-state index contributed by atoms with van der Waals surface area (Å²) >= 11 is 3.45. The molecule has 2 N–H and O–H groups in total. The van der Waals surface area contributed by atoms with E-state index in [4.69, 9.17) is 0 Å². The second kappa shape index (κ2) is 6.34. The van der Waals surface area contributed by atoms with E-state index in [-0.39, 0.29) is 5.91 Å². The van der Waals surface area contributed by atoms with Gasteiger partial charge in [-0.3, -0.25) is 4.79 Å². The smallest absolute Gasteiger partial charge is 0.251 e. The molecule has 1 fully saturated rings. The summed E-state index contributed by atoms with van der Waals surface area (Å²) in [6.45, 7) is 3.79. The minimum atomic E-state index is 0.00285. The number of halogens is 1. The van der Waals surface area contributed by atoms with Gasteiger partial charge in [0.15, 0.2) is 0 Å². The van der Waals surface area contributed by atoms with Gasteiger partial charge in [0.05, 0.1) is 0 Å². The van der Waals surface area contributed by atoms with E-state index in [0.29, 0.717) is 18.2 Å². The van der Waals surface area contributed by atoms with Crippen molar-refractivity contribution in [2.24, 2.45) is 0 Å². The summed E-state index contributed by atoms with van der Waals surface area (Å²) in [6.07, 6.45) is 3.65. The molecule has 1 aromatic carbocycles. The largest absolute Gasteiger partial charge is 0.350 e. The van der Waals surface area contributed by atoms with Crippen LogP contribution in [0.4, 0.5) is 0 Å². The highest BCUT2D eigenvalue weighted by Crippen LogP contribution is 2.17. The fourth-order valence-corrected chi connectivity index (χ4v) is 2.53. The molecule has 1 aliphatic rings. The Morgan fingerprint density at radius 3 is 3.00 bits per heavy atom. The van der Waals surface area contributed by atoms with Crippen LogP contribution in [-0.4, -0.2) is 25.0 Å². The van der Waals surface area contributed by atoms with E-state index in [0.717, 1.165) is 23.0 Å². The van der Waals surface area contributed by atoms with Gasteiger partial charge >= 0.3 is 0 Å². The number of carbonyl (C=O) groups is 1. The average Bonchev–Trinajstić information content (AvgIpc) is 2.40. The maximum atomic E-state index is 12.0. The summed E-state index contributed by atoms with van der Waals surface area (Å²) in [4.78, 5) is 12.0. The van der Waals surface area contributed by atoms with Crippen molar-refractivity contribution in [3.05, 3.63) is 33.8 Å². The molecule has 98 valence electrons. The second-order valence-corrected chi connectivity index (χ2v) is 5.68. The minimum absolute atomic E-state index is 0.00285. The predicted molar refractivity (Wildman–Crippen MR) is 76.9 cm³/mol. The molecule has 1 amide bonds. The maximum Gasteiger partial charge on any atom is 0.251 e. The van der Waals surface area contributed by atoms with Gasteiger partial charge in [0, 0.05) is 22.6 Å². The van der Waals surface area contributed by atoms with Crippen molar-refractivity contribution in [3.8, 4) is 0 Å². The lowest BCUT2D eigenvalue weighted by molar-refractivity contribution is 0.0947. The molecular formula is C14H19BrN2O. The summed E-state index contributed by atoms with van der Waals surface area (Å²) in [5, 5.41) is 6.42. The number of nitrogens with one attached hydrogen (secondary N) is 2. The number of rotatable bonds is 3. The van der Waals surface area contributed by atoms with Crippen LogP contribution in [0.1, 0.15) is 35.2 Å². The molecule has 1 heterocycles. The molecule has 1 aliphatic heterocycles. The third-order valence-electron chi connectivity index (χ3n) is 3.36. The lowest BCUT2D eigenvalue weighted by Gasteiger charge is -2.23. The molecule has 4 heteroatoms. The van der Waals surface area contributed by atoms with Crippen LogP contribution in [0.25, 0.3) is 0 Å². The summed E-state index contributed by atoms with van der Waals surface area (Å²) < 4.78 is 0.978. The Labute approximate surface area is 116 Å². The number of benzene rings is 1. The number of piperidine rings is 1. The average molecular weight is 311 g/mol. The highest BCUT2D eigenvalue weighted by molar-refractivity contribution is 9.10. The predicted octanol–water partition coefficient (Wildman–Crippen LogP) is 2.63. The van der Waals surface area contributed by atoms with Crippen molar-refractivity contribution in [2.45, 2.75) is 32.2 Å². The molecule has 18 heavy (non-hydrogen) atoms. The lowest BCUT2D eigenvalue weighted by Crippen LogP contribution is -2.43. The second-order valence-electron chi connectivity index (χ2n) is 4.82. The first kappa shape index (κ1) is 13.6. The molecule has 1 aromatic rings. The summed E-state index contributed by atoms with van der Waals surface area (Å²) in [5.41, 5.74) is 1.85. The molecule has 1 atom stereocenters. The number of hydrogen-bond acceptors (Lipinski definition) is 2. The molecule has 0 aromatic heterocycles. The van der Waals surface area contributed by atoms with Gasteiger partial charge in [0.25, 0.3) is 5.91 Å². The van der Waals surface area contributed by atoms with E-state index in [9.17, 15) is 4.79 Å². The molecule has 0 bridgehead atoms. The Kier molecular flexibility index (Phi) is 4.78. The third-order valence-corrected chi connectivity index (χ3v) is 4.21. The van der Waals surface area contributed by atoms with Gasteiger partial charge in [-0.25, -0.2) is 0 Å². The first-order chi connectivity index (χ1) is 8.66. The Morgan fingerprint density at radius 2 is 2.33 bits per heavy atom. The Morgan fingerprint density at radius 1 is 1.50 bits per heavy atom. The van der Waals surface area contributed by atoms with Crippen LogP contribution in [0.2, 0.25) is 0 Å². The van der Waals surface area contributed by atoms with Crippen LogP contribution in [0, 0.1) is 6.92 Å². The Hall–Kier alpha value is -0.870. The van der Waals surface area contributed by atoms with E-state index < -0.39 is 0 Å². The monoisotopic (exact) mass is 310 g/mol. The molecule has 0 saturated carbocycles. The van der Waals surface area contributed by atoms with Gasteiger partial charge in [-0.1, -0.05) is 28.4 Å². The topological polar surface area (TPSA) is 41.1 Å². The van der Waals surface area contributed by atoms with Gasteiger partial charge in [0.2, 0.25) is 0 Å². The van der Waals surface area contributed by atoms with Gasteiger partial charge in [-0.2, -0.15) is 0 Å². The van der Waals surface area contributed by atoms with Crippen LogP contribution < -0.4 is 10.6 Å². The van der Waals surface area contributed by atoms with Crippen molar-refractivity contribution in [3.63, 3.8) is 0 Å². The SMILES string of the molecule is Cc1ccc(C(=O)NCC2CCCCN2)cc1Br. The van der Waals surface area contributed by atoms with E-state index in [1.165, 1.54) is 12.8 Å². The molecule has 0 aliphatic carbocycles.